The molecule has 0 atom stereocenters. The lowest BCUT2D eigenvalue weighted by Gasteiger charge is -1.94. The molecule has 1 heterocycles. The second-order valence-electron chi connectivity index (χ2n) is 2.12. The van der Waals surface area contributed by atoms with Crippen LogP contribution in [0.15, 0.2) is 23.7 Å². The van der Waals surface area contributed by atoms with Gasteiger partial charge in [0, 0.05) is 0 Å². The lowest BCUT2D eigenvalue weighted by Crippen LogP contribution is -1.81. The Morgan fingerprint density at radius 1 is 1.64 bits per heavy atom. The van der Waals surface area contributed by atoms with Crippen LogP contribution in [0.4, 0.5) is 0 Å². The van der Waals surface area contributed by atoms with Crippen molar-refractivity contribution < 1.29 is 7.85 Å². The van der Waals surface area contributed by atoms with Gasteiger partial charge in [-0.15, -0.1) is 11.3 Å². The minimum Gasteiger partial charge on any atom is -0.392 e. The molecule has 0 aliphatic carbocycles. The molecular weight excluding hydrogens is 158 g/mol. The van der Waals surface area contributed by atoms with Crippen LogP contribution in [0.3, 0.4) is 0 Å². The molecule has 0 aliphatic rings. The monoisotopic (exact) mass is 167 g/mol. The molecule has 0 radical (unpaired) electrons. The Bertz CT molecular complexity index is 435. The van der Waals surface area contributed by atoms with Crippen LogP contribution >= 0.6 is 11.3 Å². The van der Waals surface area contributed by atoms with Crippen LogP contribution in [-0.4, -0.2) is 10.1 Å². The first-order valence-electron chi connectivity index (χ1n) is 4.14. The van der Waals surface area contributed by atoms with Gasteiger partial charge in [-0.25, -0.2) is 4.98 Å². The number of hydrogen-bond acceptors (Lipinski definition) is 3. The van der Waals surface area contributed by atoms with E-state index in [0.29, 0.717) is 4.70 Å². The molecule has 0 fully saturated rings. The lowest BCUT2D eigenvalue weighted by molar-refractivity contribution is 0.283. The molecule has 56 valence electrons. The normalized spacial score (nSPS) is 14.6. The molecule has 3 heteroatoms. The first-order valence-corrected chi connectivity index (χ1v) is 4.02. The number of fused-ring (bicyclic) bond motifs is 1. The van der Waals surface area contributed by atoms with E-state index in [1.54, 1.807) is 23.7 Å². The maximum absolute atomic E-state index is 9.22. The number of hydrogen-bond donors (Lipinski definition) is 1. The van der Waals surface area contributed by atoms with E-state index in [1.165, 1.54) is 11.3 Å². The van der Waals surface area contributed by atoms with Crippen molar-refractivity contribution in [3.05, 3.63) is 29.3 Å². The number of benzene rings is 1. The average Bonchev–Trinajstić information content (AvgIpc) is 2.48. The maximum Gasteiger partial charge on any atom is 0.0815 e. The summed E-state index contributed by atoms with van der Waals surface area (Å²) in [4.78, 5) is 4.03. The fourth-order valence-electron chi connectivity index (χ4n) is 0.974. The van der Waals surface area contributed by atoms with E-state index in [0.717, 1.165) is 5.52 Å². The van der Waals surface area contributed by atoms with E-state index in [9.17, 15) is 5.11 Å². The summed E-state index contributed by atoms with van der Waals surface area (Å²) < 4.78 is 15.1. The van der Waals surface area contributed by atoms with E-state index in [4.69, 9.17) is 2.74 Å². The number of nitrogens with zero attached hydrogens (tertiary/aromatic N) is 1. The molecule has 1 aromatic carbocycles. The highest BCUT2D eigenvalue weighted by Gasteiger charge is 2.00. The van der Waals surface area contributed by atoms with E-state index in [1.807, 2.05) is 0 Å². The summed E-state index contributed by atoms with van der Waals surface area (Å²) in [7, 11) is 0. The SMILES string of the molecule is [2H]C([2H])(O)c1cccc2ncsc12. The van der Waals surface area contributed by atoms with Crippen LogP contribution in [0.2, 0.25) is 0 Å². The van der Waals surface area contributed by atoms with Gasteiger partial charge in [-0.3, -0.25) is 0 Å². The molecule has 0 saturated heterocycles. The number of rotatable bonds is 1. The minimum atomic E-state index is -2.29. The van der Waals surface area contributed by atoms with Crippen LogP contribution < -0.4 is 0 Å². The fraction of sp³-hybridized carbons (Fsp3) is 0.125. The third-order valence-corrected chi connectivity index (χ3v) is 2.35. The molecule has 0 amide bonds. The van der Waals surface area contributed by atoms with E-state index in [-0.39, 0.29) is 5.56 Å². The first kappa shape index (κ1) is 4.85. The van der Waals surface area contributed by atoms with Crippen molar-refractivity contribution in [2.45, 2.75) is 6.56 Å². The van der Waals surface area contributed by atoms with Crippen molar-refractivity contribution >= 4 is 21.6 Å². The number of aliphatic hydroxyl groups is 1. The summed E-state index contributed by atoms with van der Waals surface area (Å²) in [5, 5.41) is 9.22. The third kappa shape index (κ3) is 1.02. The quantitative estimate of drug-likeness (QED) is 0.702. The first-order chi connectivity index (χ1) is 6.09. The molecule has 2 aromatic rings. The highest BCUT2D eigenvalue weighted by Crippen LogP contribution is 2.21. The van der Waals surface area contributed by atoms with Crippen molar-refractivity contribution in [3.63, 3.8) is 0 Å². The van der Waals surface area contributed by atoms with Crippen LogP contribution in [0.5, 0.6) is 0 Å². The molecule has 0 unspecified atom stereocenters. The van der Waals surface area contributed by atoms with Crippen LogP contribution in [0.25, 0.3) is 10.2 Å². The third-order valence-electron chi connectivity index (χ3n) is 1.48. The second-order valence-corrected chi connectivity index (χ2v) is 2.97. The van der Waals surface area contributed by atoms with Crippen LogP contribution in [0.1, 0.15) is 8.30 Å². The average molecular weight is 167 g/mol. The largest absolute Gasteiger partial charge is 0.392 e. The van der Waals surface area contributed by atoms with Gasteiger partial charge in [0.25, 0.3) is 0 Å². The summed E-state index contributed by atoms with van der Waals surface area (Å²) in [6, 6.07) is 5.05. The summed E-state index contributed by atoms with van der Waals surface area (Å²) in [6.45, 7) is -2.29. The topological polar surface area (TPSA) is 33.1 Å². The zero-order valence-electron chi connectivity index (χ0n) is 7.61. The van der Waals surface area contributed by atoms with E-state index >= 15 is 0 Å². The number of thiazole rings is 1. The number of aromatic nitrogens is 1. The van der Waals surface area contributed by atoms with Gasteiger partial charge in [-0.05, 0) is 11.6 Å². The van der Waals surface area contributed by atoms with Crippen molar-refractivity contribution in [2.75, 3.05) is 0 Å². The lowest BCUT2D eigenvalue weighted by atomic mass is 10.2. The standard InChI is InChI=1S/C8H7NOS/c10-4-6-2-1-3-7-8(6)11-5-9-7/h1-3,5,10H,4H2/i4D2. The summed E-state index contributed by atoms with van der Waals surface area (Å²) in [5.41, 5.74) is 2.65. The second kappa shape index (κ2) is 2.60. The maximum atomic E-state index is 9.22. The molecule has 0 spiro atoms. The van der Waals surface area contributed by atoms with Gasteiger partial charge in [0.15, 0.2) is 0 Å². The smallest absolute Gasteiger partial charge is 0.0815 e. The molecule has 2 rings (SSSR count). The zero-order chi connectivity index (χ0) is 9.47. The Hall–Kier alpha value is -0.930. The van der Waals surface area contributed by atoms with E-state index in [2.05, 4.69) is 4.98 Å². The Labute approximate surface area is 70.9 Å². The molecule has 11 heavy (non-hydrogen) atoms. The molecule has 1 aromatic heterocycles. The minimum absolute atomic E-state index is 0.285. The van der Waals surface area contributed by atoms with Gasteiger partial charge >= 0.3 is 0 Å². The highest BCUT2D eigenvalue weighted by atomic mass is 32.1. The van der Waals surface area contributed by atoms with Crippen LogP contribution in [0, 0.1) is 0 Å². The Morgan fingerprint density at radius 3 is 3.36 bits per heavy atom. The fourth-order valence-corrected chi connectivity index (χ4v) is 1.73. The van der Waals surface area contributed by atoms with Gasteiger partial charge in [0.05, 0.1) is 25.0 Å². The Kier molecular flexibility index (Phi) is 1.15. The van der Waals surface area contributed by atoms with Gasteiger partial charge < -0.3 is 5.11 Å². The van der Waals surface area contributed by atoms with Crippen molar-refractivity contribution in [1.82, 2.24) is 4.98 Å². The van der Waals surface area contributed by atoms with Crippen molar-refractivity contribution in [1.29, 1.82) is 0 Å². The van der Waals surface area contributed by atoms with Crippen molar-refractivity contribution in [3.8, 4) is 0 Å². The van der Waals surface area contributed by atoms with Crippen LogP contribution in [-0.2, 0) is 6.56 Å². The summed E-state index contributed by atoms with van der Waals surface area (Å²) in [5.74, 6) is 0. The Balaban J connectivity index is 2.75. The highest BCUT2D eigenvalue weighted by molar-refractivity contribution is 7.16. The van der Waals surface area contributed by atoms with Gasteiger partial charge in [0.2, 0.25) is 0 Å². The molecule has 0 aliphatic heterocycles. The van der Waals surface area contributed by atoms with Gasteiger partial charge in [0.1, 0.15) is 0 Å². The molecular formula is C8H7NOS. The molecule has 1 N–H and O–H groups in total. The van der Waals surface area contributed by atoms with Gasteiger partial charge in [-0.2, -0.15) is 0 Å². The molecule has 0 bridgehead atoms. The summed E-state index contributed by atoms with van der Waals surface area (Å²) >= 11 is 1.33. The predicted molar refractivity (Wildman–Crippen MR) is 45.5 cm³/mol. The van der Waals surface area contributed by atoms with Crippen molar-refractivity contribution in [2.24, 2.45) is 0 Å². The summed E-state index contributed by atoms with van der Waals surface area (Å²) in [6.07, 6.45) is 0. The van der Waals surface area contributed by atoms with E-state index < -0.39 is 6.56 Å². The Morgan fingerprint density at radius 2 is 2.55 bits per heavy atom. The molecule has 2 nitrogen and oxygen atoms in total. The zero-order valence-corrected chi connectivity index (χ0v) is 6.43. The van der Waals surface area contributed by atoms with Gasteiger partial charge in [-0.1, -0.05) is 12.1 Å². The molecule has 0 saturated carbocycles. The predicted octanol–water partition coefficient (Wildman–Crippen LogP) is 1.79.